The van der Waals surface area contributed by atoms with E-state index in [9.17, 15) is 14.0 Å². The first-order chi connectivity index (χ1) is 11.9. The number of allylic oxidation sites excluding steroid dienone is 1. The molecule has 1 aromatic heterocycles. The molecule has 1 aliphatic heterocycles. The van der Waals surface area contributed by atoms with Crippen LogP contribution in [-0.4, -0.2) is 29.0 Å². The summed E-state index contributed by atoms with van der Waals surface area (Å²) in [4.78, 5) is 26.2. The van der Waals surface area contributed by atoms with Gasteiger partial charge in [-0.1, -0.05) is 17.3 Å². The van der Waals surface area contributed by atoms with Gasteiger partial charge in [-0.15, -0.1) is 0 Å². The van der Waals surface area contributed by atoms with Gasteiger partial charge in [0.05, 0.1) is 11.6 Å². The van der Waals surface area contributed by atoms with Crippen LogP contribution in [0.25, 0.3) is 0 Å². The summed E-state index contributed by atoms with van der Waals surface area (Å²) in [6.07, 6.45) is 0. The number of rotatable bonds is 3. The average molecular weight is 344 g/mol. The van der Waals surface area contributed by atoms with Gasteiger partial charge in [-0.05, 0) is 31.5 Å². The Morgan fingerprint density at radius 1 is 1.36 bits per heavy atom. The number of aromatic nitrogens is 1. The Bertz CT molecular complexity index is 874. The van der Waals surface area contributed by atoms with Crippen LogP contribution in [0.3, 0.4) is 0 Å². The number of benzene rings is 1. The Hall–Kier alpha value is -3.16. The van der Waals surface area contributed by atoms with Gasteiger partial charge in [-0.2, -0.15) is 0 Å². The molecule has 0 fully saturated rings. The van der Waals surface area contributed by atoms with Gasteiger partial charge in [0, 0.05) is 18.8 Å². The van der Waals surface area contributed by atoms with Crippen LogP contribution < -0.4 is 10.6 Å². The Kier molecular flexibility index (Phi) is 4.26. The molecule has 0 bridgehead atoms. The third-order valence-electron chi connectivity index (χ3n) is 4.05. The lowest BCUT2D eigenvalue weighted by molar-refractivity contribution is -0.113. The minimum atomic E-state index is -0.771. The second-order valence-electron chi connectivity index (χ2n) is 5.77. The molecule has 1 unspecified atom stereocenters. The third-order valence-corrected chi connectivity index (χ3v) is 4.05. The Morgan fingerprint density at radius 2 is 2.12 bits per heavy atom. The molecule has 1 aliphatic rings. The standard InChI is InChI=1S/C17H17FN4O3/c1-9-7-13(21-25-9)19-16(23)14-10(2)22(3)17(24)20-15(14)11-5-4-6-12(18)8-11/h4-8,15H,1-3H3,(H,20,24)(H,19,21,23). The van der Waals surface area contributed by atoms with E-state index in [0.717, 1.165) is 0 Å². The average Bonchev–Trinajstić information content (AvgIpc) is 2.97. The fraction of sp³-hybridized carbons (Fsp3) is 0.235. The summed E-state index contributed by atoms with van der Waals surface area (Å²) >= 11 is 0. The lowest BCUT2D eigenvalue weighted by Crippen LogP contribution is -2.46. The molecular weight excluding hydrogens is 327 g/mol. The number of anilines is 1. The number of nitrogens with zero attached hydrogens (tertiary/aromatic N) is 2. The maximum Gasteiger partial charge on any atom is 0.322 e. The molecule has 3 rings (SSSR count). The van der Waals surface area contributed by atoms with E-state index < -0.39 is 17.8 Å². The van der Waals surface area contributed by atoms with Crippen LogP contribution in [0.4, 0.5) is 15.0 Å². The highest BCUT2D eigenvalue weighted by molar-refractivity contribution is 6.06. The second kappa shape index (κ2) is 6.39. The minimum absolute atomic E-state index is 0.264. The molecule has 2 N–H and O–H groups in total. The van der Waals surface area contributed by atoms with Gasteiger partial charge in [0.15, 0.2) is 5.82 Å². The summed E-state index contributed by atoms with van der Waals surface area (Å²) in [5, 5.41) is 9.09. The Balaban J connectivity index is 2.00. The van der Waals surface area contributed by atoms with Crippen LogP contribution in [-0.2, 0) is 4.79 Å². The number of urea groups is 1. The zero-order chi connectivity index (χ0) is 18.1. The van der Waals surface area contributed by atoms with Crippen molar-refractivity contribution in [1.82, 2.24) is 15.4 Å². The van der Waals surface area contributed by atoms with Gasteiger partial charge < -0.3 is 20.1 Å². The first-order valence-electron chi connectivity index (χ1n) is 7.62. The summed E-state index contributed by atoms with van der Waals surface area (Å²) in [6, 6.07) is 6.20. The van der Waals surface area contributed by atoms with E-state index in [1.54, 1.807) is 33.0 Å². The number of halogens is 1. The van der Waals surface area contributed by atoms with Crippen molar-refractivity contribution >= 4 is 17.8 Å². The predicted molar refractivity (Wildman–Crippen MR) is 88.0 cm³/mol. The van der Waals surface area contributed by atoms with Gasteiger partial charge in [-0.25, -0.2) is 9.18 Å². The lowest BCUT2D eigenvalue weighted by Gasteiger charge is -2.33. The first-order valence-corrected chi connectivity index (χ1v) is 7.62. The van der Waals surface area contributed by atoms with Crippen LogP contribution >= 0.6 is 0 Å². The SMILES string of the molecule is CC1=C(C(=O)Nc2cc(C)on2)C(c2cccc(F)c2)NC(=O)N1C. The van der Waals surface area contributed by atoms with Crippen molar-refractivity contribution in [2.24, 2.45) is 0 Å². The molecule has 3 amide bonds. The van der Waals surface area contributed by atoms with E-state index in [1.807, 2.05) is 0 Å². The minimum Gasteiger partial charge on any atom is -0.360 e. The molecule has 8 heteroatoms. The fourth-order valence-electron chi connectivity index (χ4n) is 2.67. The highest BCUT2D eigenvalue weighted by Crippen LogP contribution is 2.30. The van der Waals surface area contributed by atoms with E-state index in [0.29, 0.717) is 22.6 Å². The Morgan fingerprint density at radius 3 is 2.76 bits per heavy atom. The van der Waals surface area contributed by atoms with Crippen LogP contribution in [0.2, 0.25) is 0 Å². The lowest BCUT2D eigenvalue weighted by atomic mass is 9.94. The number of nitrogens with one attached hydrogen (secondary N) is 2. The summed E-state index contributed by atoms with van der Waals surface area (Å²) in [6.45, 7) is 3.37. The molecule has 1 atom stereocenters. The van der Waals surface area contributed by atoms with Crippen molar-refractivity contribution in [3.63, 3.8) is 0 Å². The fourth-order valence-corrected chi connectivity index (χ4v) is 2.67. The van der Waals surface area contributed by atoms with Crippen molar-refractivity contribution in [3.05, 3.63) is 58.7 Å². The van der Waals surface area contributed by atoms with Crippen LogP contribution in [0, 0.1) is 12.7 Å². The topological polar surface area (TPSA) is 87.5 Å². The molecule has 0 spiro atoms. The summed E-state index contributed by atoms with van der Waals surface area (Å²) < 4.78 is 18.5. The normalized spacial score (nSPS) is 17.5. The number of aryl methyl sites for hydroxylation is 1. The monoisotopic (exact) mass is 344 g/mol. The van der Waals surface area contributed by atoms with Crippen LogP contribution in [0.15, 0.2) is 46.1 Å². The van der Waals surface area contributed by atoms with Crippen molar-refractivity contribution in [1.29, 1.82) is 0 Å². The largest absolute Gasteiger partial charge is 0.360 e. The molecule has 25 heavy (non-hydrogen) atoms. The highest BCUT2D eigenvalue weighted by atomic mass is 19.1. The Labute approximate surface area is 143 Å². The van der Waals surface area contributed by atoms with E-state index in [2.05, 4.69) is 15.8 Å². The van der Waals surface area contributed by atoms with E-state index in [1.165, 1.54) is 23.1 Å². The molecule has 7 nitrogen and oxygen atoms in total. The maximum absolute atomic E-state index is 13.6. The number of carbonyl (C=O) groups excluding carboxylic acids is 2. The zero-order valence-electron chi connectivity index (χ0n) is 14.0. The summed E-state index contributed by atoms with van der Waals surface area (Å²) in [5.74, 6) is -0.0841. The van der Waals surface area contributed by atoms with Gasteiger partial charge >= 0.3 is 6.03 Å². The molecule has 2 heterocycles. The van der Waals surface area contributed by atoms with Gasteiger partial charge in [-0.3, -0.25) is 4.79 Å². The summed E-state index contributed by atoms with van der Waals surface area (Å²) in [7, 11) is 1.56. The smallest absolute Gasteiger partial charge is 0.322 e. The van der Waals surface area contributed by atoms with E-state index >= 15 is 0 Å². The molecule has 0 aliphatic carbocycles. The zero-order valence-corrected chi connectivity index (χ0v) is 14.0. The number of hydrogen-bond donors (Lipinski definition) is 2. The molecule has 0 saturated carbocycles. The van der Waals surface area contributed by atoms with Crippen molar-refractivity contribution in [2.45, 2.75) is 19.9 Å². The van der Waals surface area contributed by atoms with Crippen LogP contribution in [0.1, 0.15) is 24.3 Å². The predicted octanol–water partition coefficient (Wildman–Crippen LogP) is 2.73. The van der Waals surface area contributed by atoms with Gasteiger partial charge in [0.1, 0.15) is 11.6 Å². The molecule has 0 radical (unpaired) electrons. The third kappa shape index (κ3) is 3.23. The van der Waals surface area contributed by atoms with E-state index in [4.69, 9.17) is 4.52 Å². The number of carbonyl (C=O) groups is 2. The maximum atomic E-state index is 13.6. The van der Waals surface area contributed by atoms with Gasteiger partial charge in [0.25, 0.3) is 5.91 Å². The number of amides is 3. The molecule has 2 aromatic rings. The first kappa shape index (κ1) is 16.7. The molecule has 0 saturated heterocycles. The molecule has 130 valence electrons. The number of hydrogen-bond acceptors (Lipinski definition) is 4. The van der Waals surface area contributed by atoms with E-state index in [-0.39, 0.29) is 11.8 Å². The van der Waals surface area contributed by atoms with Gasteiger partial charge in [0.2, 0.25) is 0 Å². The molecular formula is C17H17FN4O3. The summed E-state index contributed by atoms with van der Waals surface area (Å²) in [5.41, 5.74) is 1.24. The molecule has 1 aromatic carbocycles. The quantitative estimate of drug-likeness (QED) is 0.896. The van der Waals surface area contributed by atoms with Crippen molar-refractivity contribution in [3.8, 4) is 0 Å². The highest BCUT2D eigenvalue weighted by Gasteiger charge is 2.34. The van der Waals surface area contributed by atoms with Crippen molar-refractivity contribution < 1.29 is 18.5 Å². The van der Waals surface area contributed by atoms with Crippen molar-refractivity contribution in [2.75, 3.05) is 12.4 Å². The second-order valence-corrected chi connectivity index (χ2v) is 5.77. The van der Waals surface area contributed by atoms with Crippen LogP contribution in [0.5, 0.6) is 0 Å².